The summed E-state index contributed by atoms with van der Waals surface area (Å²) in [5.74, 6) is -1.20. The van der Waals surface area contributed by atoms with Gasteiger partial charge in [-0.25, -0.2) is 14.2 Å². The SMILES string of the molecule is C/C(=N/NC(=O)c1cc(C)oc1C)c1ccc(F)c(F)c1. The second kappa shape index (κ2) is 5.87. The van der Waals surface area contributed by atoms with Gasteiger partial charge in [-0.1, -0.05) is 0 Å². The van der Waals surface area contributed by atoms with E-state index in [-0.39, 0.29) is 0 Å². The van der Waals surface area contributed by atoms with Crippen molar-refractivity contribution in [3.05, 3.63) is 58.5 Å². The molecular formula is C15H14F2N2O2. The first-order chi connectivity index (χ1) is 9.88. The number of hydrogen-bond donors (Lipinski definition) is 1. The van der Waals surface area contributed by atoms with Gasteiger partial charge in [0.15, 0.2) is 11.6 Å². The molecule has 21 heavy (non-hydrogen) atoms. The van der Waals surface area contributed by atoms with Crippen molar-refractivity contribution in [2.45, 2.75) is 20.8 Å². The van der Waals surface area contributed by atoms with Crippen LogP contribution in [0, 0.1) is 25.5 Å². The number of nitrogens with one attached hydrogen (secondary N) is 1. The molecule has 0 radical (unpaired) electrons. The molecule has 2 aromatic rings. The molecule has 1 aromatic heterocycles. The number of amides is 1. The van der Waals surface area contributed by atoms with Gasteiger partial charge < -0.3 is 4.42 Å². The molecule has 0 fully saturated rings. The van der Waals surface area contributed by atoms with Crippen molar-refractivity contribution in [1.82, 2.24) is 5.43 Å². The van der Waals surface area contributed by atoms with Gasteiger partial charge in [0.25, 0.3) is 5.91 Å². The molecule has 0 spiro atoms. The second-order valence-corrected chi connectivity index (χ2v) is 4.59. The number of hydrazone groups is 1. The standard InChI is InChI=1S/C15H14F2N2O2/c1-8-6-12(10(3)21-8)15(20)19-18-9(2)11-4-5-13(16)14(17)7-11/h4-7H,1-3H3,(H,19,20)/b18-9-. The third-order valence-electron chi connectivity index (χ3n) is 2.95. The largest absolute Gasteiger partial charge is 0.466 e. The molecule has 6 heteroatoms. The number of furan rings is 1. The van der Waals surface area contributed by atoms with Gasteiger partial charge in [-0.2, -0.15) is 5.10 Å². The Morgan fingerprint density at radius 2 is 1.90 bits per heavy atom. The van der Waals surface area contributed by atoms with Gasteiger partial charge in [0.2, 0.25) is 0 Å². The van der Waals surface area contributed by atoms with Crippen molar-refractivity contribution >= 4 is 11.6 Å². The zero-order chi connectivity index (χ0) is 15.6. The Bertz CT molecular complexity index is 720. The van der Waals surface area contributed by atoms with E-state index in [1.54, 1.807) is 26.8 Å². The molecular weight excluding hydrogens is 278 g/mol. The maximum atomic E-state index is 13.1. The lowest BCUT2D eigenvalue weighted by atomic mass is 10.1. The van der Waals surface area contributed by atoms with Crippen LogP contribution in [0.15, 0.2) is 33.8 Å². The minimum absolute atomic E-state index is 0.361. The first-order valence-electron chi connectivity index (χ1n) is 6.25. The highest BCUT2D eigenvalue weighted by Crippen LogP contribution is 2.13. The molecule has 1 heterocycles. The Hall–Kier alpha value is -2.50. The van der Waals surface area contributed by atoms with Gasteiger partial charge in [-0.05, 0) is 45.0 Å². The van der Waals surface area contributed by atoms with Crippen LogP contribution in [0.3, 0.4) is 0 Å². The first kappa shape index (κ1) is 14.9. The molecule has 1 N–H and O–H groups in total. The van der Waals surface area contributed by atoms with Crippen molar-refractivity contribution in [2.75, 3.05) is 0 Å². The molecule has 1 amide bonds. The number of carbonyl (C=O) groups is 1. The maximum absolute atomic E-state index is 13.1. The molecule has 0 aliphatic carbocycles. The number of benzene rings is 1. The van der Waals surface area contributed by atoms with Crippen molar-refractivity contribution in [1.29, 1.82) is 0 Å². The number of rotatable bonds is 3. The summed E-state index contributed by atoms with van der Waals surface area (Å²) in [5.41, 5.74) is 3.49. The van der Waals surface area contributed by atoms with E-state index in [1.165, 1.54) is 6.07 Å². The van der Waals surface area contributed by atoms with Crippen LogP contribution in [-0.2, 0) is 0 Å². The zero-order valence-electron chi connectivity index (χ0n) is 11.8. The maximum Gasteiger partial charge on any atom is 0.274 e. The highest BCUT2D eigenvalue weighted by molar-refractivity contribution is 6.01. The summed E-state index contributed by atoms with van der Waals surface area (Å²) in [7, 11) is 0. The van der Waals surface area contributed by atoms with Crippen LogP contribution >= 0.6 is 0 Å². The van der Waals surface area contributed by atoms with E-state index in [1.807, 2.05) is 0 Å². The Kier molecular flexibility index (Phi) is 4.16. The predicted octanol–water partition coefficient (Wildman–Crippen LogP) is 3.33. The monoisotopic (exact) mass is 292 g/mol. The van der Waals surface area contributed by atoms with E-state index in [0.29, 0.717) is 28.4 Å². The Morgan fingerprint density at radius 3 is 2.48 bits per heavy atom. The molecule has 2 rings (SSSR count). The summed E-state index contributed by atoms with van der Waals surface area (Å²) < 4.78 is 31.2. The minimum Gasteiger partial charge on any atom is -0.466 e. The summed E-state index contributed by atoms with van der Waals surface area (Å²) >= 11 is 0. The molecule has 0 bridgehead atoms. The first-order valence-corrected chi connectivity index (χ1v) is 6.25. The number of aryl methyl sites for hydroxylation is 2. The molecule has 0 aliphatic rings. The Balaban J connectivity index is 2.14. The third-order valence-corrected chi connectivity index (χ3v) is 2.95. The molecule has 0 aliphatic heterocycles. The summed E-state index contributed by atoms with van der Waals surface area (Å²) in [6, 6.07) is 5.02. The average Bonchev–Trinajstić information content (AvgIpc) is 2.77. The normalized spacial score (nSPS) is 11.6. The van der Waals surface area contributed by atoms with E-state index >= 15 is 0 Å². The van der Waals surface area contributed by atoms with E-state index in [4.69, 9.17) is 4.42 Å². The van der Waals surface area contributed by atoms with Crippen LogP contribution in [-0.4, -0.2) is 11.6 Å². The summed E-state index contributed by atoms with van der Waals surface area (Å²) in [5, 5.41) is 3.88. The lowest BCUT2D eigenvalue weighted by molar-refractivity contribution is 0.0953. The van der Waals surface area contributed by atoms with Gasteiger partial charge in [0.05, 0.1) is 11.3 Å². The summed E-state index contributed by atoms with van der Waals surface area (Å²) in [6.07, 6.45) is 0. The number of hydrogen-bond acceptors (Lipinski definition) is 3. The molecule has 4 nitrogen and oxygen atoms in total. The quantitative estimate of drug-likeness (QED) is 0.697. The number of nitrogens with zero attached hydrogens (tertiary/aromatic N) is 1. The Labute approximate surface area is 120 Å². The minimum atomic E-state index is -0.963. The summed E-state index contributed by atoms with van der Waals surface area (Å²) in [6.45, 7) is 4.99. The van der Waals surface area contributed by atoms with E-state index in [2.05, 4.69) is 10.5 Å². The fourth-order valence-electron chi connectivity index (χ4n) is 1.84. The van der Waals surface area contributed by atoms with Gasteiger partial charge in [-0.3, -0.25) is 4.79 Å². The van der Waals surface area contributed by atoms with Crippen LogP contribution in [0.4, 0.5) is 8.78 Å². The van der Waals surface area contributed by atoms with Crippen LogP contribution in [0.25, 0.3) is 0 Å². The predicted molar refractivity (Wildman–Crippen MR) is 74.2 cm³/mol. The fourth-order valence-corrected chi connectivity index (χ4v) is 1.84. The van der Waals surface area contributed by atoms with Crippen LogP contribution in [0.2, 0.25) is 0 Å². The van der Waals surface area contributed by atoms with Gasteiger partial charge in [-0.15, -0.1) is 0 Å². The van der Waals surface area contributed by atoms with Crippen molar-refractivity contribution in [3.63, 3.8) is 0 Å². The second-order valence-electron chi connectivity index (χ2n) is 4.59. The molecule has 0 saturated heterocycles. The Morgan fingerprint density at radius 1 is 1.19 bits per heavy atom. The third kappa shape index (κ3) is 3.34. The smallest absolute Gasteiger partial charge is 0.274 e. The van der Waals surface area contributed by atoms with E-state index < -0.39 is 17.5 Å². The van der Waals surface area contributed by atoms with Crippen molar-refractivity contribution in [3.8, 4) is 0 Å². The van der Waals surface area contributed by atoms with Gasteiger partial charge in [0, 0.05) is 5.56 Å². The lowest BCUT2D eigenvalue weighted by Crippen LogP contribution is -2.19. The molecule has 0 atom stereocenters. The number of carbonyl (C=O) groups excluding carboxylic acids is 1. The highest BCUT2D eigenvalue weighted by Gasteiger charge is 2.13. The molecule has 0 unspecified atom stereocenters. The number of halogens is 2. The van der Waals surface area contributed by atoms with Gasteiger partial charge >= 0.3 is 0 Å². The molecule has 110 valence electrons. The van der Waals surface area contributed by atoms with Crippen molar-refractivity contribution < 1.29 is 18.0 Å². The summed E-state index contributed by atoms with van der Waals surface area (Å²) in [4.78, 5) is 11.9. The average molecular weight is 292 g/mol. The van der Waals surface area contributed by atoms with Crippen LogP contribution < -0.4 is 5.43 Å². The fraction of sp³-hybridized carbons (Fsp3) is 0.200. The van der Waals surface area contributed by atoms with E-state index in [0.717, 1.165) is 12.1 Å². The molecule has 0 saturated carbocycles. The molecule has 1 aromatic carbocycles. The van der Waals surface area contributed by atoms with Crippen LogP contribution in [0.1, 0.15) is 34.4 Å². The topological polar surface area (TPSA) is 54.6 Å². The zero-order valence-corrected chi connectivity index (χ0v) is 11.8. The van der Waals surface area contributed by atoms with Crippen molar-refractivity contribution in [2.24, 2.45) is 5.10 Å². The lowest BCUT2D eigenvalue weighted by Gasteiger charge is -2.03. The van der Waals surface area contributed by atoms with Gasteiger partial charge in [0.1, 0.15) is 11.5 Å². The van der Waals surface area contributed by atoms with Crippen LogP contribution in [0.5, 0.6) is 0 Å². The van der Waals surface area contributed by atoms with E-state index in [9.17, 15) is 13.6 Å². The highest BCUT2D eigenvalue weighted by atomic mass is 19.2.